The Hall–Kier alpha value is -2.25. The maximum Gasteiger partial charge on any atom is 0.235 e. The number of hydrogen-bond acceptors (Lipinski definition) is 4. The van der Waals surface area contributed by atoms with E-state index >= 15 is 0 Å². The van der Waals surface area contributed by atoms with E-state index in [1.807, 2.05) is 25.1 Å². The molecule has 0 fully saturated rings. The molecule has 1 aromatic heterocycles. The fourth-order valence-corrected chi connectivity index (χ4v) is 5.07. The van der Waals surface area contributed by atoms with Crippen LogP contribution in [-0.4, -0.2) is 13.0 Å². The Labute approximate surface area is 186 Å². The molecule has 0 amide bonds. The molecule has 4 aromatic rings. The highest BCUT2D eigenvalue weighted by molar-refractivity contribution is 7.85. The van der Waals surface area contributed by atoms with E-state index in [0.717, 1.165) is 22.7 Å². The van der Waals surface area contributed by atoms with Gasteiger partial charge in [-0.2, -0.15) is 4.57 Å². The molecule has 7 heteroatoms. The predicted octanol–water partition coefficient (Wildman–Crippen LogP) is 5.74. The first kappa shape index (κ1) is 22.4. The molecule has 0 unspecified atom stereocenters. The minimum atomic E-state index is -4.27. The summed E-state index contributed by atoms with van der Waals surface area (Å²) in [7, 11) is -4.27. The van der Waals surface area contributed by atoms with Gasteiger partial charge in [-0.05, 0) is 37.6 Å². The highest BCUT2D eigenvalue weighted by atomic mass is 35.5. The van der Waals surface area contributed by atoms with Crippen molar-refractivity contribution in [3.8, 4) is 11.1 Å². The van der Waals surface area contributed by atoms with Crippen LogP contribution in [0.15, 0.2) is 71.6 Å². The van der Waals surface area contributed by atoms with Gasteiger partial charge in [-0.15, -0.1) is 0 Å². The largest absolute Gasteiger partial charge is 0.744 e. The Morgan fingerprint density at radius 2 is 1.63 bits per heavy atom. The molecule has 0 aliphatic carbocycles. The molecule has 0 radical (unpaired) electrons. The lowest BCUT2D eigenvalue weighted by Crippen LogP contribution is -2.33. The van der Waals surface area contributed by atoms with Crippen LogP contribution < -0.4 is 4.57 Å². The number of fused-ring (bicyclic) bond motifs is 1. The van der Waals surface area contributed by atoms with E-state index in [9.17, 15) is 13.0 Å². The zero-order valence-electron chi connectivity index (χ0n) is 16.9. The van der Waals surface area contributed by atoms with Gasteiger partial charge in [0.15, 0.2) is 0 Å². The molecule has 30 heavy (non-hydrogen) atoms. The molecule has 3 aromatic carbocycles. The summed E-state index contributed by atoms with van der Waals surface area (Å²) >= 11 is 8.24. The summed E-state index contributed by atoms with van der Waals surface area (Å²) in [6, 6.07) is 20.4. The van der Waals surface area contributed by atoms with Crippen LogP contribution >= 0.6 is 22.9 Å². The quantitative estimate of drug-likeness (QED) is 0.290. The second-order valence-corrected chi connectivity index (χ2v) is 9.82. The van der Waals surface area contributed by atoms with Crippen molar-refractivity contribution in [1.82, 2.24) is 0 Å². The Morgan fingerprint density at radius 3 is 2.20 bits per heavy atom. The molecule has 0 spiro atoms. The summed E-state index contributed by atoms with van der Waals surface area (Å²) < 4.78 is 34.8. The Bertz CT molecular complexity index is 1270. The van der Waals surface area contributed by atoms with Crippen molar-refractivity contribution in [2.75, 3.05) is 0 Å². The number of nitrogens with zero attached hydrogens (tertiary/aromatic N) is 1. The number of thiazole rings is 1. The molecule has 0 saturated carbocycles. The molecular weight excluding hydrogens is 438 g/mol. The molecule has 4 rings (SSSR count). The van der Waals surface area contributed by atoms with Gasteiger partial charge < -0.3 is 4.55 Å². The van der Waals surface area contributed by atoms with Crippen LogP contribution in [0.2, 0.25) is 5.02 Å². The smallest absolute Gasteiger partial charge is 0.235 e. The van der Waals surface area contributed by atoms with Crippen molar-refractivity contribution in [3.05, 3.63) is 82.3 Å². The fraction of sp³-hybridized carbons (Fsp3) is 0.174. The molecule has 0 N–H and O–H groups in total. The summed E-state index contributed by atoms with van der Waals surface area (Å²) in [6.45, 7) is 7.14. The number of aryl methyl sites for hydroxylation is 3. The van der Waals surface area contributed by atoms with E-state index in [1.165, 1.54) is 32.9 Å². The van der Waals surface area contributed by atoms with Gasteiger partial charge in [-0.25, -0.2) is 8.42 Å². The first-order valence-electron chi connectivity index (χ1n) is 9.41. The number of benzene rings is 3. The monoisotopic (exact) mass is 459 g/mol. The maximum atomic E-state index is 10.4. The average Bonchev–Trinajstić information content (AvgIpc) is 3.01. The summed E-state index contributed by atoms with van der Waals surface area (Å²) in [4.78, 5) is -0.178. The molecular formula is C23H22ClNO3S2. The van der Waals surface area contributed by atoms with Crippen molar-refractivity contribution in [3.63, 3.8) is 0 Å². The predicted molar refractivity (Wildman–Crippen MR) is 122 cm³/mol. The Kier molecular flexibility index (Phi) is 6.93. The number of halogens is 1. The van der Waals surface area contributed by atoms with Gasteiger partial charge in [0.05, 0.1) is 9.92 Å². The lowest BCUT2D eigenvalue weighted by Gasteiger charge is -2.05. The Morgan fingerprint density at radius 1 is 1.00 bits per heavy atom. The molecule has 0 aliphatic heterocycles. The van der Waals surface area contributed by atoms with Gasteiger partial charge >= 0.3 is 0 Å². The average molecular weight is 460 g/mol. The van der Waals surface area contributed by atoms with E-state index in [1.54, 1.807) is 23.5 Å². The molecule has 0 aliphatic rings. The zero-order valence-corrected chi connectivity index (χ0v) is 19.3. The number of hydrogen-bond donors (Lipinski definition) is 0. The van der Waals surface area contributed by atoms with Gasteiger partial charge in [-0.3, -0.25) is 0 Å². The third kappa shape index (κ3) is 5.08. The van der Waals surface area contributed by atoms with E-state index in [-0.39, 0.29) is 4.90 Å². The second kappa shape index (κ2) is 9.27. The minimum absolute atomic E-state index is 0.178. The van der Waals surface area contributed by atoms with Gasteiger partial charge in [0, 0.05) is 18.6 Å². The van der Waals surface area contributed by atoms with Gasteiger partial charge in [0.2, 0.25) is 10.5 Å². The molecule has 0 atom stereocenters. The SMILES string of the molecule is CC[n+]1c(C)sc2cc(Cl)c(-c3ccccc3)cc21.Cc1ccc(S(=O)(=O)[O-])cc1. The lowest BCUT2D eigenvalue weighted by molar-refractivity contribution is -0.669. The van der Waals surface area contributed by atoms with Crippen LogP contribution in [-0.2, 0) is 16.7 Å². The van der Waals surface area contributed by atoms with Crippen LogP contribution in [0.1, 0.15) is 17.5 Å². The molecule has 4 nitrogen and oxygen atoms in total. The van der Waals surface area contributed by atoms with E-state index in [0.29, 0.717) is 0 Å². The molecule has 0 saturated heterocycles. The minimum Gasteiger partial charge on any atom is -0.744 e. The number of aromatic nitrogens is 1. The van der Waals surface area contributed by atoms with Crippen molar-refractivity contribution in [2.45, 2.75) is 32.2 Å². The molecule has 1 heterocycles. The standard InChI is InChI=1S/C16H15ClNS.C7H8O3S/c1-3-18-11(2)19-16-10-14(17)13(9-15(16)18)12-7-5-4-6-8-12;1-6-2-4-7(5-3-6)11(8,9)10/h4-10H,3H2,1-2H3;2-5H,1H3,(H,8,9,10)/q+1;/p-1. The van der Waals surface area contributed by atoms with Crippen LogP contribution in [0.5, 0.6) is 0 Å². The number of rotatable bonds is 3. The fourth-order valence-electron chi connectivity index (χ4n) is 3.16. The second-order valence-electron chi connectivity index (χ2n) is 6.80. The normalized spacial score (nSPS) is 11.2. The van der Waals surface area contributed by atoms with Crippen molar-refractivity contribution in [2.24, 2.45) is 0 Å². The zero-order chi connectivity index (χ0) is 21.9. The maximum absolute atomic E-state index is 10.4. The van der Waals surface area contributed by atoms with E-state index in [4.69, 9.17) is 11.6 Å². The van der Waals surface area contributed by atoms with Crippen LogP contribution in [0, 0.1) is 13.8 Å². The van der Waals surface area contributed by atoms with Gasteiger partial charge in [0.1, 0.15) is 21.4 Å². The molecule has 0 bridgehead atoms. The van der Waals surface area contributed by atoms with Crippen LogP contribution in [0.3, 0.4) is 0 Å². The third-order valence-corrected chi connectivity index (χ3v) is 6.91. The van der Waals surface area contributed by atoms with Crippen molar-refractivity contribution < 1.29 is 17.5 Å². The first-order chi connectivity index (χ1) is 14.2. The molecule has 156 valence electrons. The summed E-state index contributed by atoms with van der Waals surface area (Å²) in [5.41, 5.74) is 4.47. The van der Waals surface area contributed by atoms with E-state index in [2.05, 4.69) is 42.7 Å². The topological polar surface area (TPSA) is 61.1 Å². The first-order valence-corrected chi connectivity index (χ1v) is 12.0. The van der Waals surface area contributed by atoms with E-state index < -0.39 is 10.1 Å². The lowest BCUT2D eigenvalue weighted by atomic mass is 10.1. The van der Waals surface area contributed by atoms with Crippen molar-refractivity contribution in [1.29, 1.82) is 0 Å². The van der Waals surface area contributed by atoms with Crippen LogP contribution in [0.4, 0.5) is 0 Å². The highest BCUT2D eigenvalue weighted by Crippen LogP contribution is 2.33. The van der Waals surface area contributed by atoms with Crippen molar-refractivity contribution >= 4 is 43.3 Å². The summed E-state index contributed by atoms with van der Waals surface area (Å²) in [5.74, 6) is 0. The third-order valence-electron chi connectivity index (χ3n) is 4.69. The van der Waals surface area contributed by atoms with Gasteiger partial charge in [0.25, 0.3) is 0 Å². The van der Waals surface area contributed by atoms with Crippen LogP contribution in [0.25, 0.3) is 21.3 Å². The summed E-state index contributed by atoms with van der Waals surface area (Å²) in [6.07, 6.45) is 0. The highest BCUT2D eigenvalue weighted by Gasteiger charge is 2.18. The Balaban J connectivity index is 0.000000199. The van der Waals surface area contributed by atoms with Gasteiger partial charge in [-0.1, -0.05) is 71.0 Å². The summed E-state index contributed by atoms with van der Waals surface area (Å²) in [5, 5.41) is 2.14.